The van der Waals surface area contributed by atoms with Gasteiger partial charge in [0.2, 0.25) is 0 Å². The quantitative estimate of drug-likeness (QED) is 0.199. The van der Waals surface area contributed by atoms with Gasteiger partial charge in [-0.2, -0.15) is 0 Å². The third-order valence-corrected chi connectivity index (χ3v) is 9.01. The van der Waals surface area contributed by atoms with Crippen LogP contribution >= 0.6 is 0 Å². The zero-order valence-electron chi connectivity index (χ0n) is 8.26. The second-order valence-electron chi connectivity index (χ2n) is 2.04. The third-order valence-electron chi connectivity index (χ3n) is 1.34. The van der Waals surface area contributed by atoms with Crippen molar-refractivity contribution in [3.63, 3.8) is 0 Å². The van der Waals surface area contributed by atoms with E-state index in [1.54, 1.807) is 0 Å². The molecule has 0 amide bonds. The summed E-state index contributed by atoms with van der Waals surface area (Å²) in [6, 6.07) is 0. The molecule has 0 unspecified atom stereocenters. The first kappa shape index (κ1) is 16.4. The molecule has 0 aliphatic carbocycles. The molecular formula is C5H15O10Sb. The van der Waals surface area contributed by atoms with Gasteiger partial charge < -0.3 is 0 Å². The molecule has 0 atom stereocenters. The standard InChI is InChI=1S/5CH3O2.Sb/c5*2-1-3;/h5*2H,1H2;/q5*-1;+5. The van der Waals surface area contributed by atoms with Gasteiger partial charge in [-0.1, -0.05) is 0 Å². The van der Waals surface area contributed by atoms with Crippen molar-refractivity contribution in [1.82, 2.24) is 0 Å². The average Bonchev–Trinajstić information content (AvgIpc) is 2.19. The maximum absolute atomic E-state index is 8.66. The summed E-state index contributed by atoms with van der Waals surface area (Å²) in [6.07, 6.45) is 0. The molecule has 0 radical (unpaired) electrons. The fraction of sp³-hybridized carbons (Fsp3) is 1.00. The Morgan fingerprint density at radius 2 is 0.688 bits per heavy atom. The molecule has 0 aromatic heterocycles. The molecule has 0 aromatic carbocycles. The van der Waals surface area contributed by atoms with Crippen LogP contribution < -0.4 is 0 Å². The monoisotopic (exact) mass is 356 g/mol. The minimum atomic E-state index is -5.96. The van der Waals surface area contributed by atoms with Crippen LogP contribution in [-0.4, -0.2) is 79.0 Å². The molecule has 0 aromatic rings. The van der Waals surface area contributed by atoms with Gasteiger partial charge in [0.15, 0.2) is 0 Å². The van der Waals surface area contributed by atoms with Crippen LogP contribution in [0.2, 0.25) is 0 Å². The molecule has 11 heteroatoms. The van der Waals surface area contributed by atoms with Gasteiger partial charge in [0.1, 0.15) is 0 Å². The molecule has 0 saturated carbocycles. The number of aliphatic hydroxyl groups is 5. The zero-order valence-corrected chi connectivity index (χ0v) is 10.8. The Bertz CT molecular complexity index is 136. The molecule has 16 heavy (non-hydrogen) atoms. The summed E-state index contributed by atoms with van der Waals surface area (Å²) in [5, 5.41) is 43.3. The number of hydrogen-bond donors (Lipinski definition) is 5. The Morgan fingerprint density at radius 1 is 0.500 bits per heavy atom. The summed E-state index contributed by atoms with van der Waals surface area (Å²) < 4.78 is 23.0. The second-order valence-corrected chi connectivity index (χ2v) is 9.98. The first-order chi connectivity index (χ1) is 7.62. The molecule has 5 N–H and O–H groups in total. The third kappa shape index (κ3) is 4.02. The predicted octanol–water partition coefficient (Wildman–Crippen LogP) is -3.30. The molecule has 0 heterocycles. The van der Waals surface area contributed by atoms with E-state index in [0.29, 0.717) is 0 Å². The molecule has 0 saturated heterocycles. The van der Waals surface area contributed by atoms with Gasteiger partial charge in [-0.25, -0.2) is 0 Å². The van der Waals surface area contributed by atoms with Crippen molar-refractivity contribution in [3.05, 3.63) is 0 Å². The summed E-state index contributed by atoms with van der Waals surface area (Å²) in [7, 11) is 0. The Kier molecular flexibility index (Phi) is 7.89. The summed E-state index contributed by atoms with van der Waals surface area (Å²) in [4.78, 5) is 0. The van der Waals surface area contributed by atoms with E-state index >= 15 is 0 Å². The molecule has 10 nitrogen and oxygen atoms in total. The van der Waals surface area contributed by atoms with Gasteiger partial charge in [0.05, 0.1) is 0 Å². The normalized spacial score (nSPS) is 14.7. The SMILES string of the molecule is OC[O][Sb]([O]CO)([O]CO)([O]CO)[O]CO. The van der Waals surface area contributed by atoms with E-state index in [1.807, 2.05) is 0 Å². The van der Waals surface area contributed by atoms with E-state index in [1.165, 1.54) is 0 Å². The van der Waals surface area contributed by atoms with Crippen LogP contribution in [0, 0.1) is 0 Å². The number of rotatable bonds is 10. The Balaban J connectivity index is 5.09. The van der Waals surface area contributed by atoms with Crippen LogP contribution in [0.5, 0.6) is 0 Å². The first-order valence-corrected chi connectivity index (χ1v) is 9.15. The number of hydrogen-bond acceptors (Lipinski definition) is 10. The van der Waals surface area contributed by atoms with Crippen LogP contribution in [0.25, 0.3) is 0 Å². The van der Waals surface area contributed by atoms with Crippen LogP contribution in [0.1, 0.15) is 0 Å². The first-order valence-electron chi connectivity index (χ1n) is 3.94. The average molecular weight is 357 g/mol. The van der Waals surface area contributed by atoms with Crippen LogP contribution in [0.4, 0.5) is 0 Å². The van der Waals surface area contributed by atoms with Crippen molar-refractivity contribution in [3.8, 4) is 0 Å². The fourth-order valence-corrected chi connectivity index (χ4v) is 5.66. The summed E-state index contributed by atoms with van der Waals surface area (Å²) >= 11 is -5.96. The fourth-order valence-electron chi connectivity index (χ4n) is 0.844. The van der Waals surface area contributed by atoms with Gasteiger partial charge >= 0.3 is 94.1 Å². The number of aliphatic hydroxyl groups excluding tert-OH is 5. The molecule has 0 bridgehead atoms. The van der Waals surface area contributed by atoms with Crippen LogP contribution in [0.3, 0.4) is 0 Å². The molecule has 0 rings (SSSR count). The van der Waals surface area contributed by atoms with E-state index in [9.17, 15) is 0 Å². The molecular weight excluding hydrogens is 342 g/mol. The van der Waals surface area contributed by atoms with E-state index in [4.69, 9.17) is 25.5 Å². The van der Waals surface area contributed by atoms with E-state index in [0.717, 1.165) is 0 Å². The summed E-state index contributed by atoms with van der Waals surface area (Å²) in [5.74, 6) is 0. The molecule has 0 spiro atoms. The van der Waals surface area contributed by atoms with E-state index in [-0.39, 0.29) is 0 Å². The molecule has 100 valence electrons. The zero-order chi connectivity index (χ0) is 12.5. The van der Waals surface area contributed by atoms with Crippen molar-refractivity contribution in [1.29, 1.82) is 0 Å². The summed E-state index contributed by atoms with van der Waals surface area (Å²) in [6.45, 7) is -4.99. The second kappa shape index (κ2) is 7.69. The van der Waals surface area contributed by atoms with E-state index < -0.39 is 53.5 Å². The molecule has 0 aliphatic heterocycles. The molecule has 0 aliphatic rings. The predicted molar refractivity (Wildman–Crippen MR) is 46.6 cm³/mol. The van der Waals surface area contributed by atoms with E-state index in [2.05, 4.69) is 15.1 Å². The molecule has 0 fully saturated rings. The van der Waals surface area contributed by atoms with Crippen LogP contribution in [-0.2, 0) is 15.1 Å². The summed E-state index contributed by atoms with van der Waals surface area (Å²) in [5.41, 5.74) is 0. The Hall–Kier alpha value is 0.418. The van der Waals surface area contributed by atoms with Crippen molar-refractivity contribution < 1.29 is 40.6 Å². The topological polar surface area (TPSA) is 147 Å². The Labute approximate surface area is 94.4 Å². The Morgan fingerprint density at radius 3 is 0.812 bits per heavy atom. The van der Waals surface area contributed by atoms with Crippen molar-refractivity contribution in [2.75, 3.05) is 34.0 Å². The van der Waals surface area contributed by atoms with Gasteiger partial charge in [-0.15, -0.1) is 0 Å². The van der Waals surface area contributed by atoms with Gasteiger partial charge in [-0.05, 0) is 0 Å². The van der Waals surface area contributed by atoms with Gasteiger partial charge in [0.25, 0.3) is 0 Å². The van der Waals surface area contributed by atoms with Crippen LogP contribution in [0.15, 0.2) is 0 Å². The van der Waals surface area contributed by atoms with Crippen molar-refractivity contribution in [2.45, 2.75) is 0 Å². The van der Waals surface area contributed by atoms with Crippen molar-refractivity contribution >= 4 is 19.5 Å². The van der Waals surface area contributed by atoms with Crippen molar-refractivity contribution in [2.24, 2.45) is 0 Å². The van der Waals surface area contributed by atoms with Gasteiger partial charge in [0, 0.05) is 0 Å². The minimum absolute atomic E-state index is 0.998. The maximum atomic E-state index is 8.66. The van der Waals surface area contributed by atoms with Gasteiger partial charge in [-0.3, -0.25) is 0 Å².